The minimum atomic E-state index is -0.300. The van der Waals surface area contributed by atoms with E-state index >= 15 is 0 Å². The van der Waals surface area contributed by atoms with Crippen LogP contribution in [0.1, 0.15) is 34.3 Å². The second-order valence-corrected chi connectivity index (χ2v) is 8.87. The summed E-state index contributed by atoms with van der Waals surface area (Å²) in [6, 6.07) is 20.7. The summed E-state index contributed by atoms with van der Waals surface area (Å²) in [6.07, 6.45) is 1.81. The molecule has 35 heavy (non-hydrogen) atoms. The number of hydrogen-bond donors (Lipinski definition) is 2. The van der Waals surface area contributed by atoms with E-state index < -0.39 is 0 Å². The molecule has 1 aliphatic heterocycles. The number of para-hydroxylation sites is 1. The van der Waals surface area contributed by atoms with Gasteiger partial charge in [-0.1, -0.05) is 42.0 Å². The first-order valence-electron chi connectivity index (χ1n) is 11.8. The number of anilines is 1. The van der Waals surface area contributed by atoms with Gasteiger partial charge in [-0.05, 0) is 67.6 Å². The number of nitrogens with zero attached hydrogens (tertiary/aromatic N) is 1. The van der Waals surface area contributed by atoms with Crippen molar-refractivity contribution in [1.82, 2.24) is 10.2 Å². The van der Waals surface area contributed by atoms with E-state index in [2.05, 4.69) is 10.6 Å². The van der Waals surface area contributed by atoms with Crippen molar-refractivity contribution in [1.29, 1.82) is 0 Å². The van der Waals surface area contributed by atoms with Gasteiger partial charge < -0.3 is 20.3 Å². The first kappa shape index (κ1) is 24.3. The number of aryl methyl sites for hydroxylation is 1. The highest BCUT2D eigenvalue weighted by Gasteiger charge is 2.26. The lowest BCUT2D eigenvalue weighted by Gasteiger charge is -2.33. The molecule has 7 heteroatoms. The largest absolute Gasteiger partial charge is 0.488 e. The number of piperidine rings is 1. The Morgan fingerprint density at radius 3 is 2.54 bits per heavy atom. The third-order valence-corrected chi connectivity index (χ3v) is 6.09. The molecule has 0 saturated carbocycles. The summed E-state index contributed by atoms with van der Waals surface area (Å²) in [5.74, 6) is 0.280. The minimum absolute atomic E-state index is 0.0893. The van der Waals surface area contributed by atoms with Crippen LogP contribution in [-0.4, -0.2) is 36.5 Å². The summed E-state index contributed by atoms with van der Waals surface area (Å²) in [6.45, 7) is 3.96. The van der Waals surface area contributed by atoms with Gasteiger partial charge >= 0.3 is 6.03 Å². The fourth-order valence-corrected chi connectivity index (χ4v) is 4.15. The number of carbonyl (C=O) groups is 2. The number of rotatable bonds is 7. The number of amides is 3. The van der Waals surface area contributed by atoms with Crippen LogP contribution in [0.15, 0.2) is 72.8 Å². The van der Waals surface area contributed by atoms with Gasteiger partial charge in [-0.25, -0.2) is 9.18 Å². The predicted molar refractivity (Wildman–Crippen MR) is 134 cm³/mol. The smallest absolute Gasteiger partial charge is 0.319 e. The van der Waals surface area contributed by atoms with E-state index in [1.165, 1.54) is 12.1 Å². The Balaban J connectivity index is 1.32. The lowest BCUT2D eigenvalue weighted by molar-refractivity contribution is 0.0670. The van der Waals surface area contributed by atoms with Crippen molar-refractivity contribution in [2.75, 3.05) is 25.0 Å². The van der Waals surface area contributed by atoms with Crippen molar-refractivity contribution in [3.8, 4) is 5.75 Å². The van der Waals surface area contributed by atoms with Crippen molar-refractivity contribution < 1.29 is 18.7 Å². The second-order valence-electron chi connectivity index (χ2n) is 8.87. The number of likely N-dealkylation sites (tertiary alicyclic amines) is 1. The monoisotopic (exact) mass is 475 g/mol. The fraction of sp³-hybridized carbons (Fsp3) is 0.286. The molecule has 1 aliphatic rings. The van der Waals surface area contributed by atoms with Gasteiger partial charge in [-0.3, -0.25) is 4.79 Å². The van der Waals surface area contributed by atoms with Crippen LogP contribution in [0, 0.1) is 18.7 Å². The molecule has 1 heterocycles. The molecule has 0 aromatic heterocycles. The number of carbonyl (C=O) groups excluding carboxylic acids is 2. The molecule has 3 aromatic carbocycles. The van der Waals surface area contributed by atoms with E-state index in [4.69, 9.17) is 4.74 Å². The summed E-state index contributed by atoms with van der Waals surface area (Å²) in [7, 11) is 0. The van der Waals surface area contributed by atoms with Gasteiger partial charge in [-0.2, -0.15) is 0 Å². The molecule has 4 rings (SSSR count). The van der Waals surface area contributed by atoms with Gasteiger partial charge in [0.25, 0.3) is 5.91 Å². The van der Waals surface area contributed by atoms with E-state index in [0.717, 1.165) is 29.7 Å². The molecule has 0 aliphatic carbocycles. The number of hydrogen-bond acceptors (Lipinski definition) is 3. The number of benzene rings is 3. The van der Waals surface area contributed by atoms with Crippen LogP contribution >= 0.6 is 0 Å². The molecule has 1 saturated heterocycles. The first-order chi connectivity index (χ1) is 17.0. The summed E-state index contributed by atoms with van der Waals surface area (Å²) in [5, 5.41) is 5.77. The average molecular weight is 476 g/mol. The molecule has 1 atom stereocenters. The fourth-order valence-electron chi connectivity index (χ4n) is 4.15. The highest BCUT2D eigenvalue weighted by atomic mass is 19.1. The minimum Gasteiger partial charge on any atom is -0.488 e. The maximum absolute atomic E-state index is 13.3. The van der Waals surface area contributed by atoms with Crippen LogP contribution in [-0.2, 0) is 6.61 Å². The van der Waals surface area contributed by atoms with Crippen LogP contribution in [0.5, 0.6) is 5.75 Å². The number of halogens is 1. The summed E-state index contributed by atoms with van der Waals surface area (Å²) < 4.78 is 19.1. The molecule has 3 amide bonds. The van der Waals surface area contributed by atoms with E-state index in [1.54, 1.807) is 24.3 Å². The lowest BCUT2D eigenvalue weighted by Crippen LogP contribution is -2.44. The summed E-state index contributed by atoms with van der Waals surface area (Å²) in [5.41, 5.74) is 3.19. The van der Waals surface area contributed by atoms with E-state index in [0.29, 0.717) is 30.9 Å². The summed E-state index contributed by atoms with van der Waals surface area (Å²) >= 11 is 0. The number of urea groups is 1. The van der Waals surface area contributed by atoms with Crippen LogP contribution in [0.25, 0.3) is 0 Å². The second kappa shape index (κ2) is 11.5. The predicted octanol–water partition coefficient (Wildman–Crippen LogP) is 5.39. The Kier molecular flexibility index (Phi) is 7.98. The third-order valence-electron chi connectivity index (χ3n) is 6.09. The first-order valence-corrected chi connectivity index (χ1v) is 11.8. The molecule has 6 nitrogen and oxygen atoms in total. The Labute approximate surface area is 205 Å². The molecule has 0 spiro atoms. The van der Waals surface area contributed by atoms with E-state index in [1.807, 2.05) is 48.2 Å². The van der Waals surface area contributed by atoms with E-state index in [-0.39, 0.29) is 30.3 Å². The molecule has 1 unspecified atom stereocenters. The average Bonchev–Trinajstić information content (AvgIpc) is 2.88. The molecule has 1 fully saturated rings. The zero-order chi connectivity index (χ0) is 24.6. The van der Waals surface area contributed by atoms with Gasteiger partial charge in [0.1, 0.15) is 18.2 Å². The van der Waals surface area contributed by atoms with E-state index in [9.17, 15) is 14.0 Å². The van der Waals surface area contributed by atoms with Crippen molar-refractivity contribution in [2.24, 2.45) is 5.92 Å². The Hall–Kier alpha value is -3.87. The van der Waals surface area contributed by atoms with Crippen LogP contribution in [0.2, 0.25) is 0 Å². The highest BCUT2D eigenvalue weighted by molar-refractivity contribution is 5.97. The van der Waals surface area contributed by atoms with Crippen molar-refractivity contribution >= 4 is 17.6 Å². The maximum Gasteiger partial charge on any atom is 0.319 e. The van der Waals surface area contributed by atoms with Gasteiger partial charge in [0, 0.05) is 25.3 Å². The van der Waals surface area contributed by atoms with Gasteiger partial charge in [0.05, 0.1) is 5.56 Å². The molecular formula is C28H30FN3O3. The van der Waals surface area contributed by atoms with Gasteiger partial charge in [0.15, 0.2) is 0 Å². The Morgan fingerprint density at radius 2 is 1.77 bits per heavy atom. The quantitative estimate of drug-likeness (QED) is 0.482. The van der Waals surface area contributed by atoms with Crippen LogP contribution in [0.4, 0.5) is 14.9 Å². The Morgan fingerprint density at radius 1 is 1.03 bits per heavy atom. The SMILES string of the molecule is Cc1ccc(NC(=O)NCC2CCCN(C(=O)c3ccccc3OCc3ccc(F)cc3)C2)cc1. The number of ether oxygens (including phenoxy) is 1. The highest BCUT2D eigenvalue weighted by Crippen LogP contribution is 2.24. The third kappa shape index (κ3) is 6.82. The normalized spacial score (nSPS) is 15.4. The van der Waals surface area contributed by atoms with Crippen LogP contribution in [0.3, 0.4) is 0 Å². The maximum atomic E-state index is 13.3. The zero-order valence-corrected chi connectivity index (χ0v) is 19.8. The van der Waals surface area contributed by atoms with Crippen molar-refractivity contribution in [2.45, 2.75) is 26.4 Å². The Bertz CT molecular complexity index is 1150. The van der Waals surface area contributed by atoms with Crippen molar-refractivity contribution in [3.05, 3.63) is 95.3 Å². The molecule has 0 bridgehead atoms. The molecular weight excluding hydrogens is 445 g/mol. The standard InChI is InChI=1S/C28H30FN3O3/c1-20-8-14-24(15-9-20)31-28(34)30-17-22-5-4-16-32(18-22)27(33)25-6-2-3-7-26(25)35-19-21-10-12-23(29)13-11-21/h2-3,6-15,22H,4-5,16-19H2,1H3,(H2,30,31,34). The van der Waals surface area contributed by atoms with Crippen molar-refractivity contribution in [3.63, 3.8) is 0 Å². The van der Waals surface area contributed by atoms with Gasteiger partial charge in [-0.15, -0.1) is 0 Å². The molecule has 182 valence electrons. The molecule has 2 N–H and O–H groups in total. The summed E-state index contributed by atoms with van der Waals surface area (Å²) in [4.78, 5) is 27.4. The van der Waals surface area contributed by atoms with Crippen LogP contribution < -0.4 is 15.4 Å². The lowest BCUT2D eigenvalue weighted by atomic mass is 9.97. The number of nitrogens with one attached hydrogen (secondary N) is 2. The topological polar surface area (TPSA) is 70.7 Å². The zero-order valence-electron chi connectivity index (χ0n) is 19.8. The molecule has 0 radical (unpaired) electrons. The molecule has 3 aromatic rings. The van der Waals surface area contributed by atoms with Gasteiger partial charge in [0.2, 0.25) is 0 Å².